The highest BCUT2D eigenvalue weighted by atomic mass is 32.2. The third-order valence-electron chi connectivity index (χ3n) is 6.60. The highest BCUT2D eigenvalue weighted by molar-refractivity contribution is 7.92. The maximum absolute atomic E-state index is 13.5. The van der Waals surface area contributed by atoms with Gasteiger partial charge in [0.25, 0.3) is 15.9 Å². The molecule has 2 heterocycles. The molecule has 3 aromatic rings. The summed E-state index contributed by atoms with van der Waals surface area (Å²) >= 11 is 0. The minimum Gasteiger partial charge on any atom is -0.476 e. The SMILES string of the molecule is Cc1ccc(S(=O)(=O)N2CC(C(=O)NCc3cccc(CN4CCOCC4)c3)Oc3ccccc32)cc1. The first-order valence-electron chi connectivity index (χ1n) is 12.4. The van der Waals surface area contributed by atoms with Crippen molar-refractivity contribution < 1.29 is 22.7 Å². The molecule has 194 valence electrons. The third kappa shape index (κ3) is 5.79. The number of rotatable bonds is 7. The lowest BCUT2D eigenvalue weighted by atomic mass is 10.1. The van der Waals surface area contributed by atoms with Crippen LogP contribution in [0.2, 0.25) is 0 Å². The number of carbonyl (C=O) groups excluding carboxylic acids is 1. The van der Waals surface area contributed by atoms with Crippen LogP contribution in [0.1, 0.15) is 16.7 Å². The second-order valence-corrected chi connectivity index (χ2v) is 11.2. The summed E-state index contributed by atoms with van der Waals surface area (Å²) in [4.78, 5) is 15.7. The van der Waals surface area contributed by atoms with E-state index in [1.807, 2.05) is 19.1 Å². The average Bonchev–Trinajstić information content (AvgIpc) is 2.92. The zero-order chi connectivity index (χ0) is 25.8. The molecule has 3 aromatic carbocycles. The Labute approximate surface area is 217 Å². The Morgan fingerprint density at radius 3 is 2.49 bits per heavy atom. The van der Waals surface area contributed by atoms with E-state index in [2.05, 4.69) is 22.3 Å². The molecule has 0 saturated carbocycles. The van der Waals surface area contributed by atoms with E-state index in [9.17, 15) is 13.2 Å². The number of amides is 1. The minimum absolute atomic E-state index is 0.115. The number of hydrogen-bond acceptors (Lipinski definition) is 6. The summed E-state index contributed by atoms with van der Waals surface area (Å²) in [5.74, 6) is -0.00529. The van der Waals surface area contributed by atoms with Crippen molar-refractivity contribution in [3.8, 4) is 5.75 Å². The number of benzene rings is 3. The van der Waals surface area contributed by atoms with E-state index >= 15 is 0 Å². The number of sulfonamides is 1. The fourth-order valence-electron chi connectivity index (χ4n) is 4.56. The molecule has 2 aliphatic rings. The van der Waals surface area contributed by atoms with E-state index in [4.69, 9.17) is 9.47 Å². The molecular weight excluding hydrogens is 490 g/mol. The molecule has 0 aliphatic carbocycles. The molecule has 9 heteroatoms. The zero-order valence-electron chi connectivity index (χ0n) is 20.8. The number of anilines is 1. The van der Waals surface area contributed by atoms with Crippen LogP contribution in [0.15, 0.2) is 77.7 Å². The van der Waals surface area contributed by atoms with Crippen molar-refractivity contribution in [2.45, 2.75) is 31.0 Å². The van der Waals surface area contributed by atoms with Crippen LogP contribution in [0.3, 0.4) is 0 Å². The van der Waals surface area contributed by atoms with Crippen molar-refractivity contribution in [1.29, 1.82) is 0 Å². The molecule has 1 fully saturated rings. The quantitative estimate of drug-likeness (QED) is 0.514. The van der Waals surface area contributed by atoms with Crippen LogP contribution in [0.25, 0.3) is 0 Å². The van der Waals surface area contributed by atoms with Gasteiger partial charge >= 0.3 is 0 Å². The van der Waals surface area contributed by atoms with E-state index in [1.165, 1.54) is 9.87 Å². The van der Waals surface area contributed by atoms with E-state index < -0.39 is 16.1 Å². The Balaban J connectivity index is 1.29. The van der Waals surface area contributed by atoms with E-state index in [0.717, 1.165) is 44.0 Å². The van der Waals surface area contributed by atoms with Gasteiger partial charge in [-0.1, -0.05) is 54.1 Å². The fraction of sp³-hybridized carbons (Fsp3) is 0.321. The number of para-hydroxylation sites is 2. The minimum atomic E-state index is -3.89. The number of ether oxygens (including phenoxy) is 2. The van der Waals surface area contributed by atoms with Crippen molar-refractivity contribution in [3.63, 3.8) is 0 Å². The number of nitrogens with one attached hydrogen (secondary N) is 1. The number of nitrogens with zero attached hydrogens (tertiary/aromatic N) is 2. The van der Waals surface area contributed by atoms with Gasteiger partial charge < -0.3 is 14.8 Å². The monoisotopic (exact) mass is 521 g/mol. The van der Waals surface area contributed by atoms with Crippen molar-refractivity contribution in [2.24, 2.45) is 0 Å². The highest BCUT2D eigenvalue weighted by Gasteiger charge is 2.37. The van der Waals surface area contributed by atoms with Gasteiger partial charge in [0.05, 0.1) is 30.3 Å². The Kier molecular flexibility index (Phi) is 7.45. The van der Waals surface area contributed by atoms with Crippen LogP contribution in [-0.4, -0.2) is 58.2 Å². The average molecular weight is 522 g/mol. The lowest BCUT2D eigenvalue weighted by molar-refractivity contribution is -0.127. The molecule has 1 atom stereocenters. The molecule has 1 saturated heterocycles. The van der Waals surface area contributed by atoms with E-state index in [-0.39, 0.29) is 17.3 Å². The number of morpholine rings is 1. The predicted octanol–water partition coefficient (Wildman–Crippen LogP) is 3.10. The fourth-order valence-corrected chi connectivity index (χ4v) is 6.04. The molecule has 5 rings (SSSR count). The number of carbonyl (C=O) groups is 1. The predicted molar refractivity (Wildman–Crippen MR) is 141 cm³/mol. The van der Waals surface area contributed by atoms with E-state index in [0.29, 0.717) is 18.0 Å². The van der Waals surface area contributed by atoms with Gasteiger partial charge in [-0.05, 0) is 42.3 Å². The second-order valence-electron chi connectivity index (χ2n) is 9.35. The summed E-state index contributed by atoms with van der Waals surface area (Å²) in [5.41, 5.74) is 3.53. The van der Waals surface area contributed by atoms with E-state index in [1.54, 1.807) is 48.5 Å². The summed E-state index contributed by atoms with van der Waals surface area (Å²) < 4.78 is 39.7. The summed E-state index contributed by atoms with van der Waals surface area (Å²) in [7, 11) is -3.89. The zero-order valence-corrected chi connectivity index (χ0v) is 21.6. The molecule has 0 bridgehead atoms. The van der Waals surface area contributed by atoms with Gasteiger partial charge in [-0.3, -0.25) is 14.0 Å². The molecule has 0 spiro atoms. The molecule has 1 unspecified atom stereocenters. The summed E-state index contributed by atoms with van der Waals surface area (Å²) in [6, 6.07) is 21.7. The summed E-state index contributed by atoms with van der Waals surface area (Å²) in [5, 5.41) is 2.93. The van der Waals surface area contributed by atoms with Crippen molar-refractivity contribution >= 4 is 21.6 Å². The van der Waals surface area contributed by atoms with Crippen LogP contribution < -0.4 is 14.4 Å². The van der Waals surface area contributed by atoms with Crippen molar-refractivity contribution in [3.05, 3.63) is 89.5 Å². The molecule has 2 aliphatic heterocycles. The number of hydrogen-bond donors (Lipinski definition) is 1. The van der Waals surface area contributed by atoms with Crippen LogP contribution in [0.4, 0.5) is 5.69 Å². The highest BCUT2D eigenvalue weighted by Crippen LogP contribution is 2.36. The van der Waals surface area contributed by atoms with Crippen molar-refractivity contribution in [1.82, 2.24) is 10.2 Å². The summed E-state index contributed by atoms with van der Waals surface area (Å²) in [6.07, 6.45) is -0.980. The molecule has 0 aromatic heterocycles. The Hall–Kier alpha value is -3.40. The first-order valence-corrected chi connectivity index (χ1v) is 13.8. The molecule has 0 radical (unpaired) electrons. The lowest BCUT2D eigenvalue weighted by Crippen LogP contribution is -2.50. The van der Waals surface area contributed by atoms with Crippen LogP contribution in [0.5, 0.6) is 5.75 Å². The molecule has 8 nitrogen and oxygen atoms in total. The third-order valence-corrected chi connectivity index (χ3v) is 8.40. The van der Waals surface area contributed by atoms with Gasteiger partial charge in [0, 0.05) is 26.2 Å². The number of fused-ring (bicyclic) bond motifs is 1. The van der Waals surface area contributed by atoms with Crippen LogP contribution in [-0.2, 0) is 32.6 Å². The molecular formula is C28H31N3O5S. The standard InChI is InChI=1S/C28H31N3O5S/c1-21-9-11-24(12-10-21)37(33,34)31-20-27(36-26-8-3-2-7-25(26)31)28(32)29-18-22-5-4-6-23(17-22)19-30-13-15-35-16-14-30/h2-12,17,27H,13-16,18-20H2,1H3,(H,29,32). The topological polar surface area (TPSA) is 88.2 Å². The van der Waals surface area contributed by atoms with Crippen LogP contribution in [0, 0.1) is 6.92 Å². The molecule has 1 N–H and O–H groups in total. The largest absolute Gasteiger partial charge is 0.476 e. The van der Waals surface area contributed by atoms with Gasteiger partial charge in [0.15, 0.2) is 6.10 Å². The van der Waals surface area contributed by atoms with Gasteiger partial charge in [-0.25, -0.2) is 8.42 Å². The van der Waals surface area contributed by atoms with Crippen molar-refractivity contribution in [2.75, 3.05) is 37.2 Å². The first kappa shape index (κ1) is 25.3. The molecule has 1 amide bonds. The summed E-state index contributed by atoms with van der Waals surface area (Å²) in [6.45, 7) is 6.25. The Morgan fingerprint density at radius 1 is 0.973 bits per heavy atom. The van der Waals surface area contributed by atoms with Gasteiger partial charge in [-0.2, -0.15) is 0 Å². The van der Waals surface area contributed by atoms with Gasteiger partial charge in [-0.15, -0.1) is 0 Å². The Morgan fingerprint density at radius 2 is 1.70 bits per heavy atom. The maximum atomic E-state index is 13.5. The van der Waals surface area contributed by atoms with Gasteiger partial charge in [0.2, 0.25) is 0 Å². The lowest BCUT2D eigenvalue weighted by Gasteiger charge is -2.34. The normalized spacial score (nSPS) is 18.1. The van der Waals surface area contributed by atoms with Crippen LogP contribution >= 0.6 is 0 Å². The molecule has 37 heavy (non-hydrogen) atoms. The second kappa shape index (κ2) is 10.9. The smallest absolute Gasteiger partial charge is 0.264 e. The first-order chi connectivity index (χ1) is 17.9. The maximum Gasteiger partial charge on any atom is 0.264 e. The Bertz CT molecular complexity index is 1350. The number of aryl methyl sites for hydroxylation is 1. The van der Waals surface area contributed by atoms with Gasteiger partial charge in [0.1, 0.15) is 5.75 Å².